The van der Waals surface area contributed by atoms with Crippen LogP contribution in [-0.4, -0.2) is 32.2 Å². The van der Waals surface area contributed by atoms with Gasteiger partial charge in [0.05, 0.1) is 5.69 Å². The van der Waals surface area contributed by atoms with E-state index in [1.807, 2.05) is 48.0 Å². The van der Waals surface area contributed by atoms with Gasteiger partial charge < -0.3 is 5.32 Å². The van der Waals surface area contributed by atoms with Crippen molar-refractivity contribution >= 4 is 16.5 Å². The average Bonchev–Trinajstić information content (AvgIpc) is 3.09. The summed E-state index contributed by atoms with van der Waals surface area (Å²) < 4.78 is 1.70. The molecule has 2 aromatic heterocycles. The fraction of sp³-hybridized carbons (Fsp3) is 0.667. The molecule has 2 heterocycles. The molecule has 6 nitrogen and oxygen atoms in total. The summed E-state index contributed by atoms with van der Waals surface area (Å²) in [6.45, 7) is 8.00. The van der Waals surface area contributed by atoms with E-state index in [2.05, 4.69) is 25.8 Å². The van der Waals surface area contributed by atoms with Gasteiger partial charge in [-0.25, -0.2) is 0 Å². The Hall–Kier alpha value is -1.50. The van der Waals surface area contributed by atoms with Crippen LogP contribution >= 0.6 is 11.3 Å². The van der Waals surface area contributed by atoms with Crippen LogP contribution in [0.2, 0.25) is 0 Å². The molecule has 0 radical (unpaired) electrons. The van der Waals surface area contributed by atoms with Gasteiger partial charge in [-0.3, -0.25) is 4.68 Å². The first-order chi connectivity index (χ1) is 9.28. The van der Waals surface area contributed by atoms with Gasteiger partial charge in [0, 0.05) is 26.7 Å². The minimum Gasteiger partial charge on any atom is -0.363 e. The lowest BCUT2D eigenvalue weighted by Gasteiger charge is -1.90. The van der Waals surface area contributed by atoms with Crippen molar-refractivity contribution in [1.29, 1.82) is 0 Å². The SMILES string of the molecule is CC.CC.CNc1nnc(CCc2cn(C)nn2)s1. The predicted molar refractivity (Wildman–Crippen MR) is 80.6 cm³/mol. The summed E-state index contributed by atoms with van der Waals surface area (Å²) >= 11 is 1.57. The van der Waals surface area contributed by atoms with E-state index in [1.165, 1.54) is 0 Å². The first kappa shape index (κ1) is 17.5. The number of nitrogens with zero attached hydrogens (tertiary/aromatic N) is 5. The fourth-order valence-corrected chi connectivity index (χ4v) is 1.89. The Bertz CT molecular complexity index is 437. The van der Waals surface area contributed by atoms with E-state index in [-0.39, 0.29) is 0 Å². The smallest absolute Gasteiger partial charge is 0.205 e. The zero-order chi connectivity index (χ0) is 14.7. The van der Waals surface area contributed by atoms with Crippen molar-refractivity contribution in [3.05, 3.63) is 16.9 Å². The number of anilines is 1. The molecule has 0 saturated carbocycles. The Morgan fingerprint density at radius 2 is 1.79 bits per heavy atom. The van der Waals surface area contributed by atoms with E-state index in [0.717, 1.165) is 28.7 Å². The van der Waals surface area contributed by atoms with E-state index in [4.69, 9.17) is 0 Å². The molecule has 0 unspecified atom stereocenters. The normalized spacial score (nSPS) is 8.95. The van der Waals surface area contributed by atoms with Gasteiger partial charge in [0.25, 0.3) is 0 Å². The molecule has 0 amide bonds. The molecule has 0 bridgehead atoms. The number of rotatable bonds is 4. The lowest BCUT2D eigenvalue weighted by atomic mass is 10.2. The predicted octanol–water partition coefficient (Wildman–Crippen LogP) is 2.55. The summed E-state index contributed by atoms with van der Waals surface area (Å²) in [5.74, 6) is 0. The molecular formula is C12H24N6S. The highest BCUT2D eigenvalue weighted by atomic mass is 32.1. The molecule has 0 atom stereocenters. The van der Waals surface area contributed by atoms with Crippen LogP contribution in [0.1, 0.15) is 38.4 Å². The highest BCUT2D eigenvalue weighted by molar-refractivity contribution is 7.15. The lowest BCUT2D eigenvalue weighted by molar-refractivity contribution is 0.712. The maximum atomic E-state index is 4.06. The minimum atomic E-state index is 0.851. The second-order valence-corrected chi connectivity index (χ2v) is 4.20. The topological polar surface area (TPSA) is 68.5 Å². The van der Waals surface area contributed by atoms with Crippen LogP contribution < -0.4 is 5.32 Å². The third-order valence-electron chi connectivity index (χ3n) is 1.93. The van der Waals surface area contributed by atoms with Crippen molar-refractivity contribution < 1.29 is 0 Å². The maximum absolute atomic E-state index is 4.06. The molecule has 2 aromatic rings. The molecule has 0 aromatic carbocycles. The summed E-state index contributed by atoms with van der Waals surface area (Å²) in [6.07, 6.45) is 3.63. The van der Waals surface area contributed by atoms with E-state index in [9.17, 15) is 0 Å². The van der Waals surface area contributed by atoms with Gasteiger partial charge in [0.1, 0.15) is 5.01 Å². The molecule has 0 aliphatic carbocycles. The second-order valence-electron chi connectivity index (χ2n) is 3.13. The van der Waals surface area contributed by atoms with Crippen LogP contribution in [0, 0.1) is 0 Å². The molecule has 0 aliphatic heterocycles. The van der Waals surface area contributed by atoms with E-state index >= 15 is 0 Å². The molecule has 2 rings (SSSR count). The van der Waals surface area contributed by atoms with Gasteiger partial charge in [-0.1, -0.05) is 44.2 Å². The second kappa shape index (κ2) is 10.4. The zero-order valence-corrected chi connectivity index (χ0v) is 13.5. The number of hydrogen-bond donors (Lipinski definition) is 1. The van der Waals surface area contributed by atoms with Crippen molar-refractivity contribution in [2.45, 2.75) is 40.5 Å². The molecular weight excluding hydrogens is 260 g/mol. The largest absolute Gasteiger partial charge is 0.363 e. The van der Waals surface area contributed by atoms with Crippen LogP contribution in [0.3, 0.4) is 0 Å². The summed E-state index contributed by atoms with van der Waals surface area (Å²) in [7, 11) is 3.70. The molecule has 108 valence electrons. The molecule has 19 heavy (non-hydrogen) atoms. The minimum absolute atomic E-state index is 0.851. The molecule has 0 saturated heterocycles. The van der Waals surface area contributed by atoms with E-state index < -0.39 is 0 Å². The lowest BCUT2D eigenvalue weighted by Crippen LogP contribution is -1.91. The van der Waals surface area contributed by atoms with E-state index in [0.29, 0.717) is 0 Å². The first-order valence-corrected chi connectivity index (χ1v) is 7.45. The Labute approximate surface area is 119 Å². The standard InChI is InChI=1S/C8H12N6S.2C2H6/c1-9-8-12-11-7(15-8)4-3-6-5-14(2)13-10-6;2*1-2/h5H,3-4H2,1-2H3,(H,9,12);2*1-2H3. The zero-order valence-electron chi connectivity index (χ0n) is 12.6. The maximum Gasteiger partial charge on any atom is 0.205 e. The summed E-state index contributed by atoms with van der Waals surface area (Å²) in [6, 6.07) is 0. The highest BCUT2D eigenvalue weighted by Gasteiger charge is 2.04. The average molecular weight is 284 g/mol. The van der Waals surface area contributed by atoms with Gasteiger partial charge in [-0.2, -0.15) is 0 Å². The number of aromatic nitrogens is 5. The van der Waals surface area contributed by atoms with Crippen LogP contribution in [-0.2, 0) is 19.9 Å². The van der Waals surface area contributed by atoms with Crippen LogP contribution in [0.25, 0.3) is 0 Å². The number of nitrogens with one attached hydrogen (secondary N) is 1. The van der Waals surface area contributed by atoms with Crippen molar-refractivity contribution in [2.75, 3.05) is 12.4 Å². The van der Waals surface area contributed by atoms with Crippen molar-refractivity contribution in [3.8, 4) is 0 Å². The van der Waals surface area contributed by atoms with Gasteiger partial charge in [0.2, 0.25) is 5.13 Å². The Morgan fingerprint density at radius 1 is 1.11 bits per heavy atom. The van der Waals surface area contributed by atoms with Crippen LogP contribution in [0.4, 0.5) is 5.13 Å². The van der Waals surface area contributed by atoms with Crippen molar-refractivity contribution in [1.82, 2.24) is 25.2 Å². The molecule has 7 heteroatoms. The van der Waals surface area contributed by atoms with E-state index in [1.54, 1.807) is 16.0 Å². The Morgan fingerprint density at radius 3 is 2.26 bits per heavy atom. The van der Waals surface area contributed by atoms with Crippen molar-refractivity contribution in [2.24, 2.45) is 7.05 Å². The third kappa shape index (κ3) is 6.28. The Balaban J connectivity index is 0.000000741. The van der Waals surface area contributed by atoms with Crippen LogP contribution in [0.15, 0.2) is 6.20 Å². The summed E-state index contributed by atoms with van der Waals surface area (Å²) in [5, 5.41) is 20.7. The number of aryl methyl sites for hydroxylation is 3. The van der Waals surface area contributed by atoms with Gasteiger partial charge in [0.15, 0.2) is 0 Å². The number of hydrogen-bond acceptors (Lipinski definition) is 6. The molecule has 0 aliphatic rings. The molecule has 0 spiro atoms. The van der Waals surface area contributed by atoms with Gasteiger partial charge in [-0.05, 0) is 6.42 Å². The highest BCUT2D eigenvalue weighted by Crippen LogP contribution is 2.15. The molecule has 0 fully saturated rings. The first-order valence-electron chi connectivity index (χ1n) is 6.63. The monoisotopic (exact) mass is 284 g/mol. The fourth-order valence-electron chi connectivity index (χ4n) is 1.20. The van der Waals surface area contributed by atoms with Gasteiger partial charge in [-0.15, -0.1) is 15.3 Å². The van der Waals surface area contributed by atoms with Crippen molar-refractivity contribution in [3.63, 3.8) is 0 Å². The molecule has 1 N–H and O–H groups in total. The third-order valence-corrected chi connectivity index (χ3v) is 2.93. The summed E-state index contributed by atoms with van der Waals surface area (Å²) in [4.78, 5) is 0. The Kier molecular flexibility index (Phi) is 9.60. The van der Waals surface area contributed by atoms with Gasteiger partial charge >= 0.3 is 0 Å². The van der Waals surface area contributed by atoms with Crippen LogP contribution in [0.5, 0.6) is 0 Å². The summed E-state index contributed by atoms with van der Waals surface area (Å²) in [5.41, 5.74) is 0.985. The quantitative estimate of drug-likeness (QED) is 0.934.